The lowest BCUT2D eigenvalue weighted by atomic mass is 10.2. The van der Waals surface area contributed by atoms with E-state index < -0.39 is 0 Å². The molecule has 2 aromatic heterocycles. The Balaban J connectivity index is 2.16. The lowest BCUT2D eigenvalue weighted by Gasteiger charge is -2.04. The maximum absolute atomic E-state index is 4.36. The van der Waals surface area contributed by atoms with Crippen LogP contribution in [0.2, 0.25) is 0 Å². The van der Waals surface area contributed by atoms with E-state index in [1.54, 1.807) is 17.7 Å². The monoisotopic (exact) mass is 241 g/mol. The average Bonchev–Trinajstić information content (AvgIpc) is 2.98. The minimum absolute atomic E-state index is 0.906. The van der Waals surface area contributed by atoms with E-state index in [0.29, 0.717) is 0 Å². The smallest absolute Gasteiger partial charge is 0.173 e. The maximum Gasteiger partial charge on any atom is 0.173 e. The first kappa shape index (κ1) is 10.2. The van der Waals surface area contributed by atoms with E-state index in [1.165, 1.54) is 10.4 Å². The van der Waals surface area contributed by atoms with Crippen LogP contribution in [0.4, 0.5) is 0 Å². The number of benzene rings is 1. The summed E-state index contributed by atoms with van der Waals surface area (Å²) >= 11 is 1.69. The van der Waals surface area contributed by atoms with Gasteiger partial charge < -0.3 is 0 Å². The van der Waals surface area contributed by atoms with Gasteiger partial charge >= 0.3 is 0 Å². The van der Waals surface area contributed by atoms with Crippen molar-refractivity contribution >= 4 is 11.3 Å². The van der Waals surface area contributed by atoms with Crippen LogP contribution < -0.4 is 0 Å². The summed E-state index contributed by atoms with van der Waals surface area (Å²) in [6.45, 7) is 2.09. The van der Waals surface area contributed by atoms with E-state index in [1.807, 2.05) is 35.0 Å². The van der Waals surface area contributed by atoms with Gasteiger partial charge in [-0.3, -0.25) is 0 Å². The number of hydrogen-bond acceptors (Lipinski definition) is 3. The maximum atomic E-state index is 4.36. The van der Waals surface area contributed by atoms with Crippen molar-refractivity contribution in [3.05, 3.63) is 53.7 Å². The first-order valence-electron chi connectivity index (χ1n) is 5.36. The summed E-state index contributed by atoms with van der Waals surface area (Å²) in [7, 11) is 0. The Labute approximate surface area is 103 Å². The van der Waals surface area contributed by atoms with Gasteiger partial charge in [0.25, 0.3) is 0 Å². The van der Waals surface area contributed by atoms with Crippen molar-refractivity contribution in [1.29, 1.82) is 0 Å². The Morgan fingerprint density at radius 2 is 1.94 bits per heavy atom. The zero-order valence-electron chi connectivity index (χ0n) is 9.37. The predicted molar refractivity (Wildman–Crippen MR) is 69.4 cm³/mol. The van der Waals surface area contributed by atoms with E-state index in [-0.39, 0.29) is 0 Å². The third-order valence-electron chi connectivity index (χ3n) is 2.61. The molecule has 0 atom stereocenters. The van der Waals surface area contributed by atoms with Crippen LogP contribution in [-0.2, 0) is 0 Å². The molecule has 1 aromatic carbocycles. The van der Waals surface area contributed by atoms with E-state index in [4.69, 9.17) is 0 Å². The van der Waals surface area contributed by atoms with E-state index in [2.05, 4.69) is 28.5 Å². The molecule has 3 rings (SSSR count). The highest BCUT2D eigenvalue weighted by molar-refractivity contribution is 7.13. The molecule has 0 fully saturated rings. The van der Waals surface area contributed by atoms with E-state index in [0.717, 1.165) is 11.5 Å². The van der Waals surface area contributed by atoms with Gasteiger partial charge in [-0.25, -0.2) is 9.67 Å². The van der Waals surface area contributed by atoms with Gasteiger partial charge in [0.05, 0.1) is 10.6 Å². The quantitative estimate of drug-likeness (QED) is 0.689. The lowest BCUT2D eigenvalue weighted by molar-refractivity contribution is 0.888. The van der Waals surface area contributed by atoms with Gasteiger partial charge in [0.15, 0.2) is 5.82 Å². The Morgan fingerprint density at radius 3 is 2.65 bits per heavy atom. The molecule has 0 saturated heterocycles. The predicted octanol–water partition coefficient (Wildman–Crippen LogP) is 3.30. The van der Waals surface area contributed by atoms with Crippen molar-refractivity contribution in [1.82, 2.24) is 14.8 Å². The Bertz CT molecular complexity index is 625. The number of aromatic nitrogens is 3. The molecule has 0 saturated carbocycles. The molecule has 0 N–H and O–H groups in total. The second kappa shape index (κ2) is 4.14. The topological polar surface area (TPSA) is 30.7 Å². The van der Waals surface area contributed by atoms with Gasteiger partial charge in [0, 0.05) is 0 Å². The van der Waals surface area contributed by atoms with E-state index >= 15 is 0 Å². The van der Waals surface area contributed by atoms with Crippen molar-refractivity contribution in [2.24, 2.45) is 0 Å². The molecule has 0 radical (unpaired) electrons. The van der Waals surface area contributed by atoms with Gasteiger partial charge in [-0.1, -0.05) is 18.2 Å². The zero-order chi connectivity index (χ0) is 11.7. The highest BCUT2D eigenvalue weighted by atomic mass is 32.1. The Hall–Kier alpha value is -1.94. The second-order valence-corrected chi connectivity index (χ2v) is 4.68. The number of thiophene rings is 1. The molecule has 0 aliphatic rings. The number of para-hydroxylation sites is 1. The lowest BCUT2D eigenvalue weighted by Crippen LogP contribution is -1.98. The van der Waals surface area contributed by atoms with Crippen LogP contribution in [0.1, 0.15) is 5.56 Å². The standard InChI is InChI=1S/C13H11N3S/c1-10-7-8-17-12(10)13-14-9-15-16(13)11-5-3-2-4-6-11/h2-9H,1H3. The van der Waals surface area contributed by atoms with Crippen LogP contribution in [0.3, 0.4) is 0 Å². The van der Waals surface area contributed by atoms with Crippen LogP contribution in [0.15, 0.2) is 48.1 Å². The van der Waals surface area contributed by atoms with Crippen molar-refractivity contribution in [3.63, 3.8) is 0 Å². The Morgan fingerprint density at radius 1 is 1.12 bits per heavy atom. The van der Waals surface area contributed by atoms with Crippen molar-refractivity contribution < 1.29 is 0 Å². The summed E-state index contributed by atoms with van der Waals surface area (Å²) in [5, 5.41) is 6.37. The highest BCUT2D eigenvalue weighted by Crippen LogP contribution is 2.28. The third-order valence-corrected chi connectivity index (χ3v) is 3.63. The fourth-order valence-electron chi connectivity index (χ4n) is 1.76. The minimum atomic E-state index is 0.906. The van der Waals surface area contributed by atoms with Crippen LogP contribution in [0.5, 0.6) is 0 Å². The fourth-order valence-corrected chi connectivity index (χ4v) is 2.66. The first-order chi connectivity index (χ1) is 8.36. The van der Waals surface area contributed by atoms with Crippen LogP contribution >= 0.6 is 11.3 Å². The van der Waals surface area contributed by atoms with Gasteiger partial charge in [-0.05, 0) is 36.1 Å². The molecular formula is C13H11N3S. The minimum Gasteiger partial charge on any atom is -0.214 e. The average molecular weight is 241 g/mol. The summed E-state index contributed by atoms with van der Waals surface area (Å²) in [5.74, 6) is 0.906. The van der Waals surface area contributed by atoms with E-state index in [9.17, 15) is 0 Å². The summed E-state index contributed by atoms with van der Waals surface area (Å²) < 4.78 is 1.87. The third kappa shape index (κ3) is 1.76. The molecule has 0 bridgehead atoms. The fraction of sp³-hybridized carbons (Fsp3) is 0.0769. The van der Waals surface area contributed by atoms with Crippen molar-refractivity contribution in [3.8, 4) is 16.4 Å². The van der Waals surface area contributed by atoms with Gasteiger partial charge in [-0.15, -0.1) is 11.3 Å². The second-order valence-electron chi connectivity index (χ2n) is 3.76. The largest absolute Gasteiger partial charge is 0.214 e. The number of hydrogen-bond donors (Lipinski definition) is 0. The summed E-state index contributed by atoms with van der Waals surface area (Å²) in [4.78, 5) is 5.53. The van der Waals surface area contributed by atoms with Crippen LogP contribution in [0.25, 0.3) is 16.4 Å². The molecule has 0 aliphatic carbocycles. The summed E-state index contributed by atoms with van der Waals surface area (Å²) in [6, 6.07) is 12.2. The molecule has 0 amide bonds. The van der Waals surface area contributed by atoms with Crippen molar-refractivity contribution in [2.45, 2.75) is 6.92 Å². The Kier molecular flexibility index (Phi) is 2.49. The molecule has 2 heterocycles. The normalized spacial score (nSPS) is 10.6. The van der Waals surface area contributed by atoms with Crippen LogP contribution in [-0.4, -0.2) is 14.8 Å². The summed E-state index contributed by atoms with van der Waals surface area (Å²) in [5.41, 5.74) is 2.27. The SMILES string of the molecule is Cc1ccsc1-c1ncnn1-c1ccccc1. The molecule has 0 spiro atoms. The van der Waals surface area contributed by atoms with Gasteiger partial charge in [-0.2, -0.15) is 5.10 Å². The molecule has 0 aliphatic heterocycles. The molecule has 17 heavy (non-hydrogen) atoms. The molecule has 4 heteroatoms. The van der Waals surface area contributed by atoms with Gasteiger partial charge in [0.1, 0.15) is 6.33 Å². The number of aryl methyl sites for hydroxylation is 1. The zero-order valence-corrected chi connectivity index (χ0v) is 10.2. The number of nitrogens with zero attached hydrogens (tertiary/aromatic N) is 3. The molecule has 3 aromatic rings. The van der Waals surface area contributed by atoms with Crippen molar-refractivity contribution in [2.75, 3.05) is 0 Å². The first-order valence-corrected chi connectivity index (χ1v) is 6.24. The highest BCUT2D eigenvalue weighted by Gasteiger charge is 2.12. The van der Waals surface area contributed by atoms with Crippen LogP contribution in [0, 0.1) is 6.92 Å². The van der Waals surface area contributed by atoms with Gasteiger partial charge in [0.2, 0.25) is 0 Å². The molecule has 84 valence electrons. The summed E-state index contributed by atoms with van der Waals surface area (Å²) in [6.07, 6.45) is 1.60. The molecule has 0 unspecified atom stereocenters. The molecule has 3 nitrogen and oxygen atoms in total. The number of rotatable bonds is 2. The molecular weight excluding hydrogens is 230 g/mol.